The molecule has 0 rings (SSSR count). The van der Waals surface area contributed by atoms with Crippen LogP contribution < -0.4 is 5.32 Å². The summed E-state index contributed by atoms with van der Waals surface area (Å²) >= 11 is 0. The number of rotatable bonds is 6. The maximum atomic E-state index is 11.1. The lowest BCUT2D eigenvalue weighted by Crippen LogP contribution is -2.35. The van der Waals surface area contributed by atoms with Crippen LogP contribution in [0, 0.1) is 11.3 Å². The number of nitrogens with one attached hydrogen (secondary N) is 1. The number of carboxylic acids is 1. The molecule has 0 aromatic carbocycles. The first-order chi connectivity index (χ1) is 7.76. The van der Waals surface area contributed by atoms with Gasteiger partial charge < -0.3 is 15.2 Å². The topological polar surface area (TPSA) is 75.6 Å². The van der Waals surface area contributed by atoms with E-state index in [0.717, 1.165) is 0 Å². The lowest BCUT2D eigenvalue weighted by molar-refractivity contribution is -0.142. The average molecular weight is 243 g/mol. The van der Waals surface area contributed by atoms with Crippen LogP contribution in [0.25, 0.3) is 0 Å². The van der Waals surface area contributed by atoms with E-state index in [9.17, 15) is 9.59 Å². The van der Waals surface area contributed by atoms with Gasteiger partial charge in [-0.1, -0.05) is 33.4 Å². The van der Waals surface area contributed by atoms with Gasteiger partial charge in [0.2, 0.25) is 0 Å². The van der Waals surface area contributed by atoms with Crippen LogP contribution in [0.15, 0.2) is 12.7 Å². The first-order valence-electron chi connectivity index (χ1n) is 5.50. The molecule has 1 atom stereocenters. The minimum Gasteiger partial charge on any atom is -0.481 e. The fraction of sp³-hybridized carbons (Fsp3) is 0.667. The third kappa shape index (κ3) is 8.30. The predicted octanol–water partition coefficient (Wildman–Crippen LogP) is 2.04. The number of hydrogen-bond acceptors (Lipinski definition) is 3. The van der Waals surface area contributed by atoms with Gasteiger partial charge in [-0.15, -0.1) is 0 Å². The normalized spacial score (nSPS) is 12.6. The van der Waals surface area contributed by atoms with E-state index >= 15 is 0 Å². The Labute approximate surface area is 102 Å². The summed E-state index contributed by atoms with van der Waals surface area (Å²) in [6, 6.07) is 0. The molecular weight excluding hydrogens is 222 g/mol. The number of carbonyl (C=O) groups is 2. The Bertz CT molecular complexity index is 281. The molecule has 0 spiro atoms. The Morgan fingerprint density at radius 2 is 2.06 bits per heavy atom. The first kappa shape index (κ1) is 15.5. The molecule has 5 nitrogen and oxygen atoms in total. The van der Waals surface area contributed by atoms with Gasteiger partial charge >= 0.3 is 12.1 Å². The Morgan fingerprint density at radius 3 is 2.47 bits per heavy atom. The highest BCUT2D eigenvalue weighted by molar-refractivity contribution is 5.72. The number of ether oxygens (including phenoxy) is 1. The number of aliphatic carboxylic acids is 1. The lowest BCUT2D eigenvalue weighted by Gasteiger charge is -2.23. The van der Waals surface area contributed by atoms with E-state index in [1.807, 2.05) is 20.8 Å². The zero-order valence-electron chi connectivity index (χ0n) is 10.7. The van der Waals surface area contributed by atoms with Gasteiger partial charge in [-0.3, -0.25) is 4.79 Å². The number of alkyl carbamates (subject to hydrolysis) is 1. The second-order valence-electron chi connectivity index (χ2n) is 5.07. The molecular formula is C12H21NO4. The molecule has 0 saturated heterocycles. The summed E-state index contributed by atoms with van der Waals surface area (Å²) in [6.45, 7) is 9.46. The van der Waals surface area contributed by atoms with Crippen molar-refractivity contribution in [2.45, 2.75) is 27.2 Å². The molecule has 1 unspecified atom stereocenters. The average Bonchev–Trinajstić information content (AvgIpc) is 2.19. The summed E-state index contributed by atoms with van der Waals surface area (Å²) in [4.78, 5) is 22.1. The maximum Gasteiger partial charge on any atom is 0.407 e. The minimum absolute atomic E-state index is 0.0720. The molecule has 0 saturated carbocycles. The van der Waals surface area contributed by atoms with Crippen LogP contribution >= 0.6 is 0 Å². The van der Waals surface area contributed by atoms with Crippen molar-refractivity contribution in [2.24, 2.45) is 11.3 Å². The molecule has 5 heteroatoms. The molecule has 0 aliphatic rings. The standard InChI is InChI=1S/C12H21NO4/c1-5-6-17-11(16)13-8-9(10(14)15)7-12(2,3)4/h5,9H,1,6-8H2,2-4H3,(H,13,16)(H,14,15). The number of amides is 1. The monoisotopic (exact) mass is 243 g/mol. The van der Waals surface area contributed by atoms with Gasteiger partial charge in [0, 0.05) is 6.54 Å². The summed E-state index contributed by atoms with van der Waals surface area (Å²) in [5, 5.41) is 11.4. The van der Waals surface area contributed by atoms with Crippen LogP contribution in [-0.4, -0.2) is 30.3 Å². The van der Waals surface area contributed by atoms with Crippen LogP contribution in [0.3, 0.4) is 0 Å². The fourth-order valence-electron chi connectivity index (χ4n) is 1.38. The molecule has 1 amide bonds. The Hall–Kier alpha value is -1.52. The Kier molecular flexibility index (Phi) is 6.31. The van der Waals surface area contributed by atoms with E-state index in [1.165, 1.54) is 6.08 Å². The van der Waals surface area contributed by atoms with Gasteiger partial charge in [-0.2, -0.15) is 0 Å². The van der Waals surface area contributed by atoms with Gasteiger partial charge in [0.05, 0.1) is 5.92 Å². The molecule has 0 heterocycles. The fourth-order valence-corrected chi connectivity index (χ4v) is 1.38. The van der Waals surface area contributed by atoms with Gasteiger partial charge in [0.25, 0.3) is 0 Å². The van der Waals surface area contributed by atoms with Crippen LogP contribution in [0.5, 0.6) is 0 Å². The quantitative estimate of drug-likeness (QED) is 0.700. The summed E-state index contributed by atoms with van der Waals surface area (Å²) in [6.07, 6.45) is 1.32. The summed E-state index contributed by atoms with van der Waals surface area (Å²) in [5.74, 6) is -1.52. The smallest absolute Gasteiger partial charge is 0.407 e. The molecule has 0 bridgehead atoms. The van der Waals surface area contributed by atoms with Crippen molar-refractivity contribution in [2.75, 3.05) is 13.2 Å². The third-order valence-electron chi connectivity index (χ3n) is 2.03. The molecule has 0 aliphatic heterocycles. The molecule has 0 aromatic rings. The second kappa shape index (κ2) is 6.93. The second-order valence-corrected chi connectivity index (χ2v) is 5.07. The van der Waals surface area contributed by atoms with Crippen molar-refractivity contribution in [1.82, 2.24) is 5.32 Å². The molecule has 0 radical (unpaired) electrons. The number of carbonyl (C=O) groups excluding carboxylic acids is 1. The predicted molar refractivity (Wildman–Crippen MR) is 64.7 cm³/mol. The van der Waals surface area contributed by atoms with E-state index in [2.05, 4.69) is 11.9 Å². The molecule has 2 N–H and O–H groups in total. The van der Waals surface area contributed by atoms with Gasteiger partial charge in [0.1, 0.15) is 6.61 Å². The highest BCUT2D eigenvalue weighted by atomic mass is 16.5. The summed E-state index contributed by atoms with van der Waals surface area (Å²) in [7, 11) is 0. The van der Waals surface area contributed by atoms with Gasteiger partial charge in [0.15, 0.2) is 0 Å². The van der Waals surface area contributed by atoms with Crippen LogP contribution in [-0.2, 0) is 9.53 Å². The minimum atomic E-state index is -0.913. The van der Waals surface area contributed by atoms with Crippen molar-refractivity contribution in [1.29, 1.82) is 0 Å². The zero-order valence-corrected chi connectivity index (χ0v) is 10.7. The molecule has 98 valence electrons. The highest BCUT2D eigenvalue weighted by Crippen LogP contribution is 2.24. The SMILES string of the molecule is C=CCOC(=O)NCC(CC(C)(C)C)C(=O)O. The van der Waals surface area contributed by atoms with Crippen molar-refractivity contribution < 1.29 is 19.4 Å². The van der Waals surface area contributed by atoms with Crippen LogP contribution in [0.4, 0.5) is 4.79 Å². The summed E-state index contributed by atoms with van der Waals surface area (Å²) < 4.78 is 4.69. The third-order valence-corrected chi connectivity index (χ3v) is 2.03. The Balaban J connectivity index is 4.14. The lowest BCUT2D eigenvalue weighted by atomic mass is 9.84. The van der Waals surface area contributed by atoms with Gasteiger partial charge in [-0.05, 0) is 11.8 Å². The first-order valence-corrected chi connectivity index (χ1v) is 5.50. The van der Waals surface area contributed by atoms with E-state index in [1.54, 1.807) is 0 Å². The van der Waals surface area contributed by atoms with Gasteiger partial charge in [-0.25, -0.2) is 4.79 Å². The van der Waals surface area contributed by atoms with Crippen molar-refractivity contribution in [3.63, 3.8) is 0 Å². The maximum absolute atomic E-state index is 11.1. The zero-order chi connectivity index (χ0) is 13.5. The summed E-state index contributed by atoms with van der Waals surface area (Å²) in [5.41, 5.74) is -0.101. The highest BCUT2D eigenvalue weighted by Gasteiger charge is 2.25. The largest absolute Gasteiger partial charge is 0.481 e. The molecule has 0 fully saturated rings. The molecule has 0 aromatic heterocycles. The van der Waals surface area contributed by atoms with E-state index in [4.69, 9.17) is 9.84 Å². The number of carboxylic acid groups (broad SMARTS) is 1. The van der Waals surface area contributed by atoms with Crippen molar-refractivity contribution in [3.8, 4) is 0 Å². The van der Waals surface area contributed by atoms with E-state index in [-0.39, 0.29) is 18.6 Å². The van der Waals surface area contributed by atoms with Crippen LogP contribution in [0.1, 0.15) is 27.2 Å². The van der Waals surface area contributed by atoms with E-state index < -0.39 is 18.0 Å². The molecule has 17 heavy (non-hydrogen) atoms. The molecule has 0 aliphatic carbocycles. The van der Waals surface area contributed by atoms with E-state index in [0.29, 0.717) is 6.42 Å². The van der Waals surface area contributed by atoms with Crippen molar-refractivity contribution in [3.05, 3.63) is 12.7 Å². The van der Waals surface area contributed by atoms with Crippen molar-refractivity contribution >= 4 is 12.1 Å². The van der Waals surface area contributed by atoms with Crippen LogP contribution in [0.2, 0.25) is 0 Å². The number of hydrogen-bond donors (Lipinski definition) is 2. The Morgan fingerprint density at radius 1 is 1.47 bits per heavy atom.